The van der Waals surface area contributed by atoms with Crippen LogP contribution in [0.15, 0.2) is 0 Å². The van der Waals surface area contributed by atoms with E-state index in [9.17, 15) is 4.79 Å². The first-order valence-corrected chi connectivity index (χ1v) is 5.11. The fourth-order valence-corrected chi connectivity index (χ4v) is 1.37. The van der Waals surface area contributed by atoms with Gasteiger partial charge in [0, 0.05) is 0 Å². The van der Waals surface area contributed by atoms with Crippen molar-refractivity contribution >= 4 is 28.7 Å². The molecule has 7 nitrogen and oxygen atoms in total. The van der Waals surface area contributed by atoms with Crippen molar-refractivity contribution in [3.63, 3.8) is 0 Å². The number of methoxy groups -OCH3 is 3. The number of carbonyl (C=O) groups is 1. The number of carbonyl (C=O) groups excluding carboxylic acids is 1. The number of ether oxygens (including phenoxy) is 4. The molecule has 0 radical (unpaired) electrons. The van der Waals surface area contributed by atoms with Crippen LogP contribution in [0, 0.1) is 3.57 Å². The van der Waals surface area contributed by atoms with Crippen molar-refractivity contribution in [2.75, 3.05) is 21.3 Å². The van der Waals surface area contributed by atoms with Gasteiger partial charge in [0.1, 0.15) is 3.57 Å². The largest absolute Gasteiger partial charge is 0.514 e. The second kappa shape index (κ2) is 5.68. The smallest absolute Gasteiger partial charge is 0.480 e. The summed E-state index contributed by atoms with van der Waals surface area (Å²) in [4.78, 5) is 18.7. The minimum absolute atomic E-state index is 0.0242. The Hall–Kier alpha value is -1.32. The third-order valence-electron chi connectivity index (χ3n) is 1.49. The topological polar surface area (TPSA) is 79.8 Å². The molecule has 1 heterocycles. The summed E-state index contributed by atoms with van der Waals surface area (Å²) in [5.74, 6) is 0.280. The van der Waals surface area contributed by atoms with Crippen molar-refractivity contribution in [1.82, 2.24) is 9.97 Å². The monoisotopic (exact) mass is 340 g/mol. The molecule has 0 aliphatic heterocycles. The van der Waals surface area contributed by atoms with E-state index >= 15 is 0 Å². The molecule has 0 fully saturated rings. The number of nitrogens with zero attached hydrogens (tertiary/aromatic N) is 2. The molecule has 0 N–H and O–H groups in total. The van der Waals surface area contributed by atoms with Crippen LogP contribution in [0.4, 0.5) is 4.79 Å². The number of aromatic nitrogens is 2. The van der Waals surface area contributed by atoms with E-state index in [0.717, 1.165) is 0 Å². The molecule has 0 aliphatic carbocycles. The maximum Gasteiger partial charge on any atom is 0.514 e. The van der Waals surface area contributed by atoms with Crippen LogP contribution in [0.2, 0.25) is 0 Å². The molecule has 1 aromatic heterocycles. The molecule has 0 bridgehead atoms. The first kappa shape index (κ1) is 12.7. The molecule has 16 heavy (non-hydrogen) atoms. The highest BCUT2D eigenvalue weighted by Crippen LogP contribution is 2.28. The van der Waals surface area contributed by atoms with Gasteiger partial charge in [0.15, 0.2) is 0 Å². The van der Waals surface area contributed by atoms with E-state index in [1.54, 1.807) is 0 Å². The van der Waals surface area contributed by atoms with Crippen molar-refractivity contribution in [2.45, 2.75) is 0 Å². The highest BCUT2D eigenvalue weighted by Gasteiger charge is 2.17. The Bertz CT molecular complexity index is 398. The lowest BCUT2D eigenvalue weighted by atomic mass is 10.6. The average Bonchev–Trinajstić information content (AvgIpc) is 2.31. The number of rotatable bonds is 3. The molecule has 1 rings (SSSR count). The Morgan fingerprint density at radius 3 is 2.25 bits per heavy atom. The van der Waals surface area contributed by atoms with Crippen LogP contribution < -0.4 is 14.2 Å². The zero-order chi connectivity index (χ0) is 12.1. The predicted molar refractivity (Wildman–Crippen MR) is 60.9 cm³/mol. The fourth-order valence-electron chi connectivity index (χ4n) is 0.803. The van der Waals surface area contributed by atoms with E-state index in [4.69, 9.17) is 14.2 Å². The normalized spacial score (nSPS) is 9.50. The van der Waals surface area contributed by atoms with E-state index in [-0.39, 0.29) is 17.8 Å². The van der Waals surface area contributed by atoms with E-state index in [0.29, 0.717) is 3.57 Å². The second-order valence-corrected chi connectivity index (χ2v) is 3.47. The number of hydrogen-bond acceptors (Lipinski definition) is 7. The summed E-state index contributed by atoms with van der Waals surface area (Å²) in [7, 11) is 4.03. The van der Waals surface area contributed by atoms with Gasteiger partial charge in [-0.25, -0.2) is 4.79 Å². The highest BCUT2D eigenvalue weighted by atomic mass is 127. The quantitative estimate of drug-likeness (QED) is 0.605. The van der Waals surface area contributed by atoms with Gasteiger partial charge in [0.2, 0.25) is 11.8 Å². The van der Waals surface area contributed by atoms with Gasteiger partial charge in [-0.3, -0.25) is 0 Å². The van der Waals surface area contributed by atoms with Gasteiger partial charge in [-0.2, -0.15) is 9.97 Å². The molecule has 0 unspecified atom stereocenters. The zero-order valence-corrected chi connectivity index (χ0v) is 11.0. The molecule has 8 heteroatoms. The standard InChI is InChI=1S/C8H9IN2O5/c1-13-5-4(9)6(16-8(12)15-3)11-7(10-5)14-2/h1-3H3. The van der Waals surface area contributed by atoms with Crippen molar-refractivity contribution in [2.24, 2.45) is 0 Å². The van der Waals surface area contributed by atoms with Crippen LogP contribution >= 0.6 is 22.6 Å². The third kappa shape index (κ3) is 2.84. The van der Waals surface area contributed by atoms with E-state index in [2.05, 4.69) is 14.7 Å². The van der Waals surface area contributed by atoms with Crippen LogP contribution in [-0.4, -0.2) is 37.5 Å². The Labute approximate surface area is 105 Å². The Balaban J connectivity index is 3.10. The SMILES string of the molecule is COC(=O)Oc1nc(OC)nc(OC)c1I. The lowest BCUT2D eigenvalue weighted by molar-refractivity contribution is 0.118. The molecule has 88 valence electrons. The fraction of sp³-hybridized carbons (Fsp3) is 0.375. The Morgan fingerprint density at radius 2 is 1.75 bits per heavy atom. The minimum atomic E-state index is -0.874. The summed E-state index contributed by atoms with van der Waals surface area (Å²) in [6.07, 6.45) is -0.874. The lowest BCUT2D eigenvalue weighted by Crippen LogP contribution is -2.11. The van der Waals surface area contributed by atoms with Gasteiger partial charge in [0.25, 0.3) is 0 Å². The van der Waals surface area contributed by atoms with E-state index in [1.165, 1.54) is 21.3 Å². The maximum absolute atomic E-state index is 10.9. The van der Waals surface area contributed by atoms with Crippen molar-refractivity contribution in [1.29, 1.82) is 0 Å². The van der Waals surface area contributed by atoms with Crippen molar-refractivity contribution in [3.05, 3.63) is 3.57 Å². The van der Waals surface area contributed by atoms with Gasteiger partial charge >= 0.3 is 12.2 Å². The molecule has 0 aromatic carbocycles. The van der Waals surface area contributed by atoms with Gasteiger partial charge < -0.3 is 18.9 Å². The summed E-state index contributed by atoms with van der Waals surface area (Å²) in [5, 5.41) is 0. The minimum Gasteiger partial charge on any atom is -0.480 e. The molecule has 0 amide bonds. The molecule has 1 aromatic rings. The average molecular weight is 340 g/mol. The summed E-state index contributed by atoms with van der Waals surface area (Å²) in [5.41, 5.74) is 0. The van der Waals surface area contributed by atoms with Crippen LogP contribution in [0.3, 0.4) is 0 Å². The summed E-state index contributed by atoms with van der Waals surface area (Å²) in [6, 6.07) is 0.0381. The molecule has 0 spiro atoms. The molecule has 0 atom stereocenters. The first-order chi connectivity index (χ1) is 7.62. The summed E-state index contributed by atoms with van der Waals surface area (Å²) in [6.45, 7) is 0. The predicted octanol–water partition coefficient (Wildman–Crippen LogP) is 1.24. The first-order valence-electron chi connectivity index (χ1n) is 4.03. The highest BCUT2D eigenvalue weighted by molar-refractivity contribution is 14.1. The molecular formula is C8H9IN2O5. The molecule has 0 aliphatic rings. The summed E-state index contributed by atoms with van der Waals surface area (Å²) < 4.78 is 19.4. The maximum atomic E-state index is 10.9. The summed E-state index contributed by atoms with van der Waals surface area (Å²) >= 11 is 1.89. The van der Waals surface area contributed by atoms with Crippen LogP contribution in [-0.2, 0) is 4.74 Å². The number of halogens is 1. The third-order valence-corrected chi connectivity index (χ3v) is 2.42. The van der Waals surface area contributed by atoms with E-state index < -0.39 is 6.16 Å². The van der Waals surface area contributed by atoms with Gasteiger partial charge in [-0.15, -0.1) is 0 Å². The second-order valence-electron chi connectivity index (χ2n) is 2.39. The van der Waals surface area contributed by atoms with Crippen LogP contribution in [0.25, 0.3) is 0 Å². The lowest BCUT2D eigenvalue weighted by Gasteiger charge is -2.08. The zero-order valence-electron chi connectivity index (χ0n) is 8.81. The van der Waals surface area contributed by atoms with Crippen molar-refractivity contribution < 1.29 is 23.7 Å². The number of hydrogen-bond donors (Lipinski definition) is 0. The van der Waals surface area contributed by atoms with Gasteiger partial charge in [-0.05, 0) is 22.6 Å². The van der Waals surface area contributed by atoms with E-state index in [1.807, 2.05) is 22.6 Å². The molecular weight excluding hydrogens is 331 g/mol. The Kier molecular flexibility index (Phi) is 4.52. The molecule has 0 saturated heterocycles. The van der Waals surface area contributed by atoms with Gasteiger partial charge in [0.05, 0.1) is 21.3 Å². The van der Waals surface area contributed by atoms with Crippen molar-refractivity contribution in [3.8, 4) is 17.8 Å². The van der Waals surface area contributed by atoms with Crippen LogP contribution in [0.5, 0.6) is 17.8 Å². The van der Waals surface area contributed by atoms with Gasteiger partial charge in [-0.1, -0.05) is 0 Å². The Morgan fingerprint density at radius 1 is 1.12 bits per heavy atom. The molecule has 0 saturated carbocycles. The van der Waals surface area contributed by atoms with Crippen LogP contribution in [0.1, 0.15) is 0 Å².